The third kappa shape index (κ3) is 4.74. The molecule has 1 aliphatic rings. The van der Waals surface area contributed by atoms with Crippen molar-refractivity contribution < 1.29 is 8.42 Å². The number of fused-ring (bicyclic) bond motifs is 1. The summed E-state index contributed by atoms with van der Waals surface area (Å²) in [7, 11) is -1.22. The Balaban J connectivity index is 1.41. The number of aromatic nitrogens is 2. The number of rotatable bonds is 4. The molecular weight excluding hydrogens is 507 g/mol. The molecule has 0 atom stereocenters. The van der Waals surface area contributed by atoms with Gasteiger partial charge in [-0.25, -0.2) is 13.4 Å². The third-order valence-corrected chi connectivity index (χ3v) is 8.43. The lowest BCUT2D eigenvalue weighted by molar-refractivity contribution is 0.587. The third-order valence-electron chi connectivity index (χ3n) is 6.19. The van der Waals surface area contributed by atoms with Crippen LogP contribution in [0.15, 0.2) is 65.6 Å². The van der Waals surface area contributed by atoms with E-state index < -0.39 is 9.84 Å². The Morgan fingerprint density at radius 2 is 1.63 bits per heavy atom. The van der Waals surface area contributed by atoms with E-state index in [0.29, 0.717) is 45.6 Å². The van der Waals surface area contributed by atoms with Crippen molar-refractivity contribution >= 4 is 61.1 Å². The summed E-state index contributed by atoms with van der Waals surface area (Å²) >= 11 is 12.7. The number of nitrogens with one attached hydrogen (secondary N) is 1. The maximum absolute atomic E-state index is 13.1. The minimum absolute atomic E-state index is 0.178. The zero-order valence-corrected chi connectivity index (χ0v) is 21.2. The van der Waals surface area contributed by atoms with E-state index >= 15 is 0 Å². The van der Waals surface area contributed by atoms with Gasteiger partial charge < -0.3 is 14.8 Å². The fraction of sp³-hybridized carbons (Fsp3) is 0.200. The summed E-state index contributed by atoms with van der Waals surface area (Å²) in [5, 5.41) is 4.87. The van der Waals surface area contributed by atoms with E-state index in [1.54, 1.807) is 42.1 Å². The average molecular weight is 529 g/mol. The molecular formula is C25H22Cl2N4O3S. The van der Waals surface area contributed by atoms with Crippen LogP contribution >= 0.6 is 23.2 Å². The zero-order chi connectivity index (χ0) is 24.7. The number of sulfone groups is 1. The number of aryl methyl sites for hydroxylation is 1. The van der Waals surface area contributed by atoms with Crippen molar-refractivity contribution in [2.45, 2.75) is 0 Å². The lowest BCUT2D eigenvalue weighted by atomic mass is 10.1. The lowest BCUT2D eigenvalue weighted by Crippen LogP contribution is -2.40. The van der Waals surface area contributed by atoms with Crippen molar-refractivity contribution in [3.63, 3.8) is 0 Å². The highest BCUT2D eigenvalue weighted by molar-refractivity contribution is 7.91. The molecule has 1 N–H and O–H groups in total. The van der Waals surface area contributed by atoms with Crippen molar-refractivity contribution in [2.75, 3.05) is 34.8 Å². The van der Waals surface area contributed by atoms with E-state index in [4.69, 9.17) is 23.2 Å². The number of halogens is 2. The van der Waals surface area contributed by atoms with Crippen LogP contribution in [-0.2, 0) is 16.9 Å². The first-order valence-electron chi connectivity index (χ1n) is 11.0. The minimum atomic E-state index is -2.92. The van der Waals surface area contributed by atoms with E-state index in [0.717, 1.165) is 16.8 Å². The highest BCUT2D eigenvalue weighted by atomic mass is 35.5. The Bertz CT molecular complexity index is 1570. The summed E-state index contributed by atoms with van der Waals surface area (Å²) < 4.78 is 24.9. The van der Waals surface area contributed by atoms with Gasteiger partial charge in [0.1, 0.15) is 5.82 Å². The smallest absolute Gasteiger partial charge is 0.258 e. The van der Waals surface area contributed by atoms with Gasteiger partial charge in [-0.1, -0.05) is 29.3 Å². The maximum atomic E-state index is 13.1. The summed E-state index contributed by atoms with van der Waals surface area (Å²) in [6.07, 6.45) is 1.70. The van der Waals surface area contributed by atoms with Gasteiger partial charge in [-0.15, -0.1) is 0 Å². The van der Waals surface area contributed by atoms with Crippen molar-refractivity contribution in [3.05, 3.63) is 81.2 Å². The van der Waals surface area contributed by atoms with E-state index in [2.05, 4.69) is 15.2 Å². The Labute approximate surface area is 212 Å². The zero-order valence-electron chi connectivity index (χ0n) is 18.8. The molecule has 0 saturated carbocycles. The normalized spacial score (nSPS) is 15.3. The molecule has 0 bridgehead atoms. The second-order valence-corrected chi connectivity index (χ2v) is 11.6. The monoisotopic (exact) mass is 528 g/mol. The Kier molecular flexibility index (Phi) is 6.21. The van der Waals surface area contributed by atoms with Crippen LogP contribution in [0.2, 0.25) is 10.0 Å². The number of benzene rings is 2. The topological polar surface area (TPSA) is 84.3 Å². The predicted molar refractivity (Wildman–Crippen MR) is 143 cm³/mol. The molecule has 4 aromatic rings. The summed E-state index contributed by atoms with van der Waals surface area (Å²) in [6.45, 7) is 0.994. The number of pyridine rings is 2. The number of hydrogen-bond donors (Lipinski definition) is 1. The van der Waals surface area contributed by atoms with Gasteiger partial charge in [-0.05, 0) is 42.5 Å². The Morgan fingerprint density at radius 1 is 0.971 bits per heavy atom. The molecule has 35 heavy (non-hydrogen) atoms. The quantitative estimate of drug-likeness (QED) is 0.406. The van der Waals surface area contributed by atoms with Gasteiger partial charge in [0, 0.05) is 54.7 Å². The molecule has 0 spiro atoms. The molecule has 2 aromatic carbocycles. The molecule has 0 aliphatic carbocycles. The van der Waals surface area contributed by atoms with E-state index in [1.807, 2.05) is 30.3 Å². The molecule has 0 unspecified atom stereocenters. The summed E-state index contributed by atoms with van der Waals surface area (Å²) in [5.41, 5.74) is 3.23. The fourth-order valence-electron chi connectivity index (χ4n) is 4.24. The van der Waals surface area contributed by atoms with Crippen LogP contribution in [0.3, 0.4) is 0 Å². The van der Waals surface area contributed by atoms with Crippen LogP contribution in [0, 0.1) is 0 Å². The SMILES string of the molecule is Cn1c(=O)c(-c2c(Cl)cccc2Cl)cc2cnc(Nc3ccc(N4CCS(=O)(=O)CC4)cc3)cc21. The molecule has 3 heterocycles. The first-order valence-corrected chi connectivity index (χ1v) is 13.6. The van der Waals surface area contributed by atoms with Crippen LogP contribution < -0.4 is 15.8 Å². The van der Waals surface area contributed by atoms with Crippen LogP contribution in [-0.4, -0.2) is 42.6 Å². The molecule has 7 nitrogen and oxygen atoms in total. The first-order chi connectivity index (χ1) is 16.7. The summed E-state index contributed by atoms with van der Waals surface area (Å²) in [5.74, 6) is 0.946. The van der Waals surface area contributed by atoms with E-state index in [-0.39, 0.29) is 17.1 Å². The van der Waals surface area contributed by atoms with Gasteiger partial charge in [0.05, 0.1) is 32.6 Å². The fourth-order valence-corrected chi connectivity index (χ4v) is 6.04. The Hall–Kier alpha value is -3.07. The Morgan fingerprint density at radius 3 is 2.29 bits per heavy atom. The molecule has 1 fully saturated rings. The molecule has 180 valence electrons. The van der Waals surface area contributed by atoms with Gasteiger partial charge in [0.2, 0.25) is 0 Å². The number of nitrogens with zero attached hydrogens (tertiary/aromatic N) is 3. The van der Waals surface area contributed by atoms with Crippen molar-refractivity contribution in [1.29, 1.82) is 0 Å². The highest BCUT2D eigenvalue weighted by Crippen LogP contribution is 2.34. The second-order valence-electron chi connectivity index (χ2n) is 8.46. The van der Waals surface area contributed by atoms with Gasteiger partial charge in [0.25, 0.3) is 5.56 Å². The highest BCUT2D eigenvalue weighted by Gasteiger charge is 2.21. The average Bonchev–Trinajstić information content (AvgIpc) is 2.83. The van der Waals surface area contributed by atoms with Crippen LogP contribution in [0.5, 0.6) is 0 Å². The molecule has 0 amide bonds. The van der Waals surface area contributed by atoms with Gasteiger partial charge in [0.15, 0.2) is 9.84 Å². The van der Waals surface area contributed by atoms with Gasteiger partial charge in [-0.3, -0.25) is 4.79 Å². The predicted octanol–water partition coefficient (Wildman–Crippen LogP) is 4.89. The van der Waals surface area contributed by atoms with Crippen LogP contribution in [0.25, 0.3) is 22.0 Å². The van der Waals surface area contributed by atoms with Gasteiger partial charge >= 0.3 is 0 Å². The van der Waals surface area contributed by atoms with E-state index in [1.165, 1.54) is 0 Å². The van der Waals surface area contributed by atoms with Crippen LogP contribution in [0.1, 0.15) is 0 Å². The second kappa shape index (κ2) is 9.18. The van der Waals surface area contributed by atoms with Crippen LogP contribution in [0.4, 0.5) is 17.2 Å². The summed E-state index contributed by atoms with van der Waals surface area (Å²) in [4.78, 5) is 19.7. The molecule has 2 aromatic heterocycles. The van der Waals surface area contributed by atoms with E-state index in [9.17, 15) is 13.2 Å². The molecule has 10 heteroatoms. The van der Waals surface area contributed by atoms with Crippen molar-refractivity contribution in [1.82, 2.24) is 9.55 Å². The lowest BCUT2D eigenvalue weighted by Gasteiger charge is -2.28. The molecule has 0 radical (unpaired) electrons. The molecule has 1 saturated heterocycles. The van der Waals surface area contributed by atoms with Crippen molar-refractivity contribution in [2.24, 2.45) is 7.05 Å². The number of hydrogen-bond acceptors (Lipinski definition) is 6. The molecule has 1 aliphatic heterocycles. The molecule has 5 rings (SSSR count). The first kappa shape index (κ1) is 23.7. The minimum Gasteiger partial charge on any atom is -0.369 e. The van der Waals surface area contributed by atoms with Gasteiger partial charge in [-0.2, -0.15) is 0 Å². The largest absolute Gasteiger partial charge is 0.369 e. The summed E-state index contributed by atoms with van der Waals surface area (Å²) in [6, 6.07) is 16.5. The maximum Gasteiger partial charge on any atom is 0.258 e. The number of anilines is 3. The van der Waals surface area contributed by atoms with Crippen molar-refractivity contribution in [3.8, 4) is 11.1 Å². The standard InChI is InChI=1S/C25H22Cl2N4O3S/c1-30-22-14-23(29-17-5-7-18(8-6-17)31-9-11-35(33,34)12-10-31)28-15-16(22)13-19(25(30)32)24-20(26)3-2-4-21(24)27/h2-8,13-15H,9-12H2,1H3,(H,28,29).